The molecule has 0 aromatic heterocycles. The summed E-state index contributed by atoms with van der Waals surface area (Å²) < 4.78 is 0. The molecule has 0 aromatic rings. The number of aliphatic hydroxyl groups is 1. The molecule has 0 saturated carbocycles. The first-order chi connectivity index (χ1) is 6.20. The van der Waals surface area contributed by atoms with Crippen LogP contribution in [0.2, 0.25) is 0 Å². The highest BCUT2D eigenvalue weighted by atomic mass is 16.3. The summed E-state index contributed by atoms with van der Waals surface area (Å²) in [5.74, 6) is 0. The van der Waals surface area contributed by atoms with Crippen molar-refractivity contribution < 1.29 is 5.11 Å². The predicted octanol–water partition coefficient (Wildman–Crippen LogP) is 2.02. The zero-order valence-electron chi connectivity index (χ0n) is 9.05. The fraction of sp³-hybridized carbons (Fsp3) is 1.00. The Labute approximate surface area is 81.9 Å². The second-order valence-corrected chi connectivity index (χ2v) is 4.27. The van der Waals surface area contributed by atoms with Crippen LogP contribution in [0.25, 0.3) is 0 Å². The van der Waals surface area contributed by atoms with Crippen molar-refractivity contribution in [2.24, 2.45) is 0 Å². The van der Waals surface area contributed by atoms with E-state index in [2.05, 4.69) is 18.7 Å². The number of hydrogen-bond acceptors (Lipinski definition) is 2. The maximum atomic E-state index is 10.1. The van der Waals surface area contributed by atoms with Gasteiger partial charge in [-0.15, -0.1) is 0 Å². The van der Waals surface area contributed by atoms with E-state index in [4.69, 9.17) is 0 Å². The molecular formula is C11H23NO. The number of hydrogen-bond donors (Lipinski definition) is 1. The molecule has 2 heteroatoms. The summed E-state index contributed by atoms with van der Waals surface area (Å²) in [6.45, 7) is 7.39. The first kappa shape index (κ1) is 11.0. The maximum Gasteiger partial charge on any atom is 0.0768 e. The van der Waals surface area contributed by atoms with Crippen LogP contribution in [0.15, 0.2) is 0 Å². The van der Waals surface area contributed by atoms with E-state index < -0.39 is 5.60 Å². The molecule has 1 N–H and O–H groups in total. The normalized spacial score (nSPS) is 20.5. The third-order valence-electron chi connectivity index (χ3n) is 3.28. The van der Waals surface area contributed by atoms with Gasteiger partial charge in [-0.05, 0) is 38.8 Å². The van der Waals surface area contributed by atoms with Crippen LogP contribution < -0.4 is 0 Å². The van der Waals surface area contributed by atoms with E-state index in [1.54, 1.807) is 0 Å². The SMILES string of the molecule is CCC(O)(CC)CN1CCCCC1. The van der Waals surface area contributed by atoms with Gasteiger partial charge in [0, 0.05) is 6.54 Å². The first-order valence-electron chi connectivity index (χ1n) is 5.65. The fourth-order valence-electron chi connectivity index (χ4n) is 2.01. The highest BCUT2D eigenvalue weighted by Gasteiger charge is 2.25. The van der Waals surface area contributed by atoms with Crippen molar-refractivity contribution in [3.63, 3.8) is 0 Å². The van der Waals surface area contributed by atoms with E-state index in [1.165, 1.54) is 32.4 Å². The Morgan fingerprint density at radius 1 is 1.08 bits per heavy atom. The highest BCUT2D eigenvalue weighted by molar-refractivity contribution is 4.80. The van der Waals surface area contributed by atoms with E-state index >= 15 is 0 Å². The Morgan fingerprint density at radius 3 is 2.08 bits per heavy atom. The molecule has 1 aliphatic rings. The lowest BCUT2D eigenvalue weighted by molar-refractivity contribution is -0.00768. The third kappa shape index (κ3) is 3.28. The van der Waals surface area contributed by atoms with Gasteiger partial charge >= 0.3 is 0 Å². The Balaban J connectivity index is 2.35. The number of nitrogens with zero attached hydrogens (tertiary/aromatic N) is 1. The fourth-order valence-corrected chi connectivity index (χ4v) is 2.01. The van der Waals surface area contributed by atoms with Crippen molar-refractivity contribution in [3.8, 4) is 0 Å². The molecule has 78 valence electrons. The Bertz CT molecular complexity index is 137. The number of rotatable bonds is 4. The van der Waals surface area contributed by atoms with Crippen molar-refractivity contribution in [1.29, 1.82) is 0 Å². The largest absolute Gasteiger partial charge is 0.389 e. The average molecular weight is 185 g/mol. The lowest BCUT2D eigenvalue weighted by Crippen LogP contribution is -2.44. The van der Waals surface area contributed by atoms with Crippen LogP contribution in [0.1, 0.15) is 46.0 Å². The molecule has 13 heavy (non-hydrogen) atoms. The van der Waals surface area contributed by atoms with E-state index in [0.29, 0.717) is 0 Å². The lowest BCUT2D eigenvalue weighted by atomic mass is 9.96. The van der Waals surface area contributed by atoms with Gasteiger partial charge in [0.25, 0.3) is 0 Å². The number of likely N-dealkylation sites (tertiary alicyclic amines) is 1. The van der Waals surface area contributed by atoms with Crippen molar-refractivity contribution >= 4 is 0 Å². The standard InChI is InChI=1S/C11H23NO/c1-3-11(13,4-2)10-12-8-6-5-7-9-12/h13H,3-10H2,1-2H3. The molecule has 1 fully saturated rings. The summed E-state index contributed by atoms with van der Waals surface area (Å²) in [6.07, 6.45) is 5.74. The van der Waals surface area contributed by atoms with Crippen molar-refractivity contribution in [1.82, 2.24) is 4.90 Å². The summed E-state index contributed by atoms with van der Waals surface area (Å²) >= 11 is 0. The minimum Gasteiger partial charge on any atom is -0.389 e. The van der Waals surface area contributed by atoms with Gasteiger partial charge in [0.2, 0.25) is 0 Å². The highest BCUT2D eigenvalue weighted by Crippen LogP contribution is 2.19. The van der Waals surface area contributed by atoms with E-state index in [0.717, 1.165) is 19.4 Å². The zero-order chi connectivity index (χ0) is 9.73. The van der Waals surface area contributed by atoms with Gasteiger partial charge in [0.05, 0.1) is 5.60 Å². The smallest absolute Gasteiger partial charge is 0.0768 e. The Kier molecular flexibility index (Phi) is 4.20. The molecule has 0 aliphatic carbocycles. The molecule has 1 heterocycles. The van der Waals surface area contributed by atoms with Gasteiger partial charge in [-0.25, -0.2) is 0 Å². The van der Waals surface area contributed by atoms with E-state index in [9.17, 15) is 5.11 Å². The van der Waals surface area contributed by atoms with Gasteiger partial charge in [0.15, 0.2) is 0 Å². The summed E-state index contributed by atoms with van der Waals surface area (Å²) in [5.41, 5.74) is -0.433. The second kappa shape index (κ2) is 4.97. The van der Waals surface area contributed by atoms with Crippen LogP contribution in [0, 0.1) is 0 Å². The molecule has 1 saturated heterocycles. The van der Waals surface area contributed by atoms with Crippen LogP contribution in [0.5, 0.6) is 0 Å². The van der Waals surface area contributed by atoms with Gasteiger partial charge < -0.3 is 10.0 Å². The van der Waals surface area contributed by atoms with E-state index in [-0.39, 0.29) is 0 Å². The average Bonchev–Trinajstić information content (AvgIpc) is 2.19. The molecule has 0 amide bonds. The molecule has 1 aliphatic heterocycles. The van der Waals surface area contributed by atoms with Crippen molar-refractivity contribution in [2.45, 2.75) is 51.6 Å². The molecule has 2 nitrogen and oxygen atoms in total. The number of piperidine rings is 1. The molecule has 0 radical (unpaired) electrons. The van der Waals surface area contributed by atoms with Crippen LogP contribution >= 0.6 is 0 Å². The molecule has 0 aromatic carbocycles. The maximum absolute atomic E-state index is 10.1. The van der Waals surface area contributed by atoms with Crippen molar-refractivity contribution in [2.75, 3.05) is 19.6 Å². The molecular weight excluding hydrogens is 162 g/mol. The van der Waals surface area contributed by atoms with Crippen LogP contribution in [-0.4, -0.2) is 35.2 Å². The molecule has 0 atom stereocenters. The molecule has 1 rings (SSSR count). The quantitative estimate of drug-likeness (QED) is 0.724. The topological polar surface area (TPSA) is 23.5 Å². The first-order valence-corrected chi connectivity index (χ1v) is 5.65. The summed E-state index contributed by atoms with van der Waals surface area (Å²) in [5, 5.41) is 10.1. The minimum atomic E-state index is -0.433. The lowest BCUT2D eigenvalue weighted by Gasteiger charge is -2.35. The van der Waals surface area contributed by atoms with Crippen LogP contribution in [0.3, 0.4) is 0 Å². The minimum absolute atomic E-state index is 0.433. The number of β-amino-alcohol motifs (C(OH)–C–C–N with tert-alkyl or cyclic N) is 1. The molecule has 0 bridgehead atoms. The summed E-state index contributed by atoms with van der Waals surface area (Å²) in [7, 11) is 0. The zero-order valence-corrected chi connectivity index (χ0v) is 9.05. The van der Waals surface area contributed by atoms with Gasteiger partial charge in [-0.1, -0.05) is 20.3 Å². The van der Waals surface area contributed by atoms with Gasteiger partial charge in [-0.2, -0.15) is 0 Å². The second-order valence-electron chi connectivity index (χ2n) is 4.27. The predicted molar refractivity (Wildman–Crippen MR) is 55.8 cm³/mol. The van der Waals surface area contributed by atoms with Gasteiger partial charge in [-0.3, -0.25) is 0 Å². The Morgan fingerprint density at radius 2 is 1.62 bits per heavy atom. The van der Waals surface area contributed by atoms with Gasteiger partial charge in [0.1, 0.15) is 0 Å². The molecule has 0 spiro atoms. The van der Waals surface area contributed by atoms with Crippen molar-refractivity contribution in [3.05, 3.63) is 0 Å². The summed E-state index contributed by atoms with van der Waals surface area (Å²) in [4.78, 5) is 2.41. The van der Waals surface area contributed by atoms with Crippen LogP contribution in [-0.2, 0) is 0 Å². The monoisotopic (exact) mass is 185 g/mol. The Hall–Kier alpha value is -0.0800. The van der Waals surface area contributed by atoms with E-state index in [1.807, 2.05) is 0 Å². The van der Waals surface area contributed by atoms with Crippen LogP contribution in [0.4, 0.5) is 0 Å². The summed E-state index contributed by atoms with van der Waals surface area (Å²) in [6, 6.07) is 0. The third-order valence-corrected chi connectivity index (χ3v) is 3.28. The molecule has 0 unspecified atom stereocenters.